The van der Waals surface area contributed by atoms with Gasteiger partial charge in [0.05, 0.1) is 7.92 Å². The van der Waals surface area contributed by atoms with Crippen molar-refractivity contribution in [3.63, 3.8) is 0 Å². The second-order valence-electron chi connectivity index (χ2n) is 6.60. The number of hydrogen-bond donors (Lipinski definition) is 0. The van der Waals surface area contributed by atoms with Gasteiger partial charge in [-0.15, -0.1) is 0 Å². The zero-order valence-corrected chi connectivity index (χ0v) is 18.5. The molecule has 0 nitrogen and oxygen atoms in total. The number of benzene rings is 3. The van der Waals surface area contributed by atoms with E-state index in [1.165, 1.54) is 41.6 Å². The maximum absolute atomic E-state index is 6.75. The van der Waals surface area contributed by atoms with E-state index in [0.29, 0.717) is 5.92 Å². The average Bonchev–Trinajstić information content (AvgIpc) is 3.25. The first-order valence-electron chi connectivity index (χ1n) is 9.34. The molecule has 0 aliphatic heterocycles. The van der Waals surface area contributed by atoms with E-state index in [0.717, 1.165) is 0 Å². The van der Waals surface area contributed by atoms with E-state index >= 15 is 0 Å². The van der Waals surface area contributed by atoms with Crippen molar-refractivity contribution < 1.29 is 22.4 Å². The summed E-state index contributed by atoms with van der Waals surface area (Å²) >= 11 is 0. The van der Waals surface area contributed by atoms with E-state index in [9.17, 15) is 0 Å². The Morgan fingerprint density at radius 1 is 0.630 bits per heavy atom. The summed E-state index contributed by atoms with van der Waals surface area (Å²) in [6.07, 6.45) is 11.8. The van der Waals surface area contributed by atoms with Crippen molar-refractivity contribution in [2.24, 2.45) is 5.92 Å². The first-order chi connectivity index (χ1) is 12.9. The number of hydrogen-bond acceptors (Lipinski definition) is 0. The largest absolute Gasteiger partial charge is 1.00 e. The molecule has 2 heteroatoms. The third-order valence-corrected chi connectivity index (χ3v) is 7.48. The fourth-order valence-corrected chi connectivity index (χ4v) is 5.96. The van der Waals surface area contributed by atoms with E-state index in [-0.39, 0.29) is 22.4 Å². The third kappa shape index (κ3) is 6.49. The molecule has 1 aliphatic rings. The van der Waals surface area contributed by atoms with Gasteiger partial charge in [0.2, 0.25) is 0 Å². The molecule has 27 heavy (non-hydrogen) atoms. The van der Waals surface area contributed by atoms with Crippen LogP contribution >= 0.6 is 7.92 Å². The standard InChI is InChI=1S/C18H15P.C7H9.Au/c1-4-10-16(11-5-1)19(17-12-6-2-7-13-17)18-14-8-3-9-15-18;1-2-7-5-3-4-6-7;/h1-15H;7H,3-6H2;/q;-1;+1/p+1. The van der Waals surface area contributed by atoms with Crippen molar-refractivity contribution in [1.29, 1.82) is 0 Å². The van der Waals surface area contributed by atoms with Gasteiger partial charge in [0.25, 0.3) is 0 Å². The molecule has 140 valence electrons. The molecule has 1 saturated carbocycles. The van der Waals surface area contributed by atoms with Crippen molar-refractivity contribution >= 4 is 23.8 Å². The monoisotopic (exact) mass is 553 g/mol. The Morgan fingerprint density at radius 3 is 1.22 bits per heavy atom. The second-order valence-corrected chi connectivity index (χ2v) is 9.08. The third-order valence-electron chi connectivity index (χ3n) is 4.75. The molecule has 1 aliphatic carbocycles. The summed E-state index contributed by atoms with van der Waals surface area (Å²) in [5, 5.41) is 4.31. The Bertz CT molecular complexity index is 709. The molecule has 3 aromatic carbocycles. The molecule has 0 aromatic heterocycles. The maximum atomic E-state index is 6.75. The van der Waals surface area contributed by atoms with Gasteiger partial charge in [0.15, 0.2) is 0 Å². The Labute approximate surface area is 180 Å². The first kappa shape index (κ1) is 21.7. The predicted octanol–water partition coefficient (Wildman–Crippen LogP) is 4.94. The van der Waals surface area contributed by atoms with Gasteiger partial charge >= 0.3 is 22.4 Å². The van der Waals surface area contributed by atoms with E-state index in [2.05, 4.69) is 96.9 Å². The Kier molecular flexibility index (Phi) is 9.61. The minimum absolute atomic E-state index is 0. The van der Waals surface area contributed by atoms with Crippen LogP contribution in [0.5, 0.6) is 0 Å². The maximum Gasteiger partial charge on any atom is 1.00 e. The van der Waals surface area contributed by atoms with Gasteiger partial charge in [-0.1, -0.05) is 67.4 Å². The van der Waals surface area contributed by atoms with E-state index < -0.39 is 7.92 Å². The zero-order valence-electron chi connectivity index (χ0n) is 15.4. The van der Waals surface area contributed by atoms with Crippen LogP contribution in [0.3, 0.4) is 0 Å². The quantitative estimate of drug-likeness (QED) is 0.187. The van der Waals surface area contributed by atoms with Crippen molar-refractivity contribution in [3.05, 3.63) is 97.4 Å². The van der Waals surface area contributed by atoms with Crippen LogP contribution in [-0.2, 0) is 22.4 Å². The van der Waals surface area contributed by atoms with Gasteiger partial charge in [0, 0.05) is 0 Å². The summed E-state index contributed by atoms with van der Waals surface area (Å²) in [4.78, 5) is 0. The minimum atomic E-state index is -0.877. The van der Waals surface area contributed by atoms with Crippen LogP contribution in [0.2, 0.25) is 0 Å². The summed E-state index contributed by atoms with van der Waals surface area (Å²) in [6, 6.07) is 32.5. The molecule has 0 unspecified atom stereocenters. The van der Waals surface area contributed by atoms with E-state index in [1.54, 1.807) is 0 Å². The molecule has 0 bridgehead atoms. The first-order valence-corrected chi connectivity index (χ1v) is 10.8. The summed E-state index contributed by atoms with van der Waals surface area (Å²) in [5.41, 5.74) is 0. The van der Waals surface area contributed by atoms with Crippen LogP contribution in [0.4, 0.5) is 0 Å². The molecule has 0 spiro atoms. The summed E-state index contributed by atoms with van der Waals surface area (Å²) < 4.78 is 0. The van der Waals surface area contributed by atoms with E-state index in [1.807, 2.05) is 0 Å². The average molecular weight is 553 g/mol. The molecular formula is C25H25AuP+. The van der Waals surface area contributed by atoms with Crippen LogP contribution in [-0.4, -0.2) is 0 Å². The van der Waals surface area contributed by atoms with Crippen LogP contribution < -0.4 is 15.9 Å². The number of rotatable bonds is 3. The van der Waals surface area contributed by atoms with Gasteiger partial charge in [0.1, 0.15) is 15.9 Å². The fourth-order valence-electron chi connectivity index (χ4n) is 3.38. The zero-order chi connectivity index (χ0) is 18.0. The summed E-state index contributed by atoms with van der Waals surface area (Å²) in [7, 11) is -0.877. The smallest absolute Gasteiger partial charge is 0.693 e. The molecule has 0 atom stereocenters. The Balaban J connectivity index is 0.000000278. The second kappa shape index (κ2) is 12.0. The summed E-state index contributed by atoms with van der Waals surface area (Å²) in [6.45, 7) is 0. The van der Waals surface area contributed by atoms with Gasteiger partial charge in [-0.3, -0.25) is 0 Å². The molecule has 0 heterocycles. The summed E-state index contributed by atoms with van der Waals surface area (Å²) in [5.74, 6) is 3.03. The van der Waals surface area contributed by atoms with Crippen molar-refractivity contribution in [1.82, 2.24) is 0 Å². The van der Waals surface area contributed by atoms with Gasteiger partial charge in [-0.2, -0.15) is 0 Å². The van der Waals surface area contributed by atoms with Gasteiger partial charge < -0.3 is 12.3 Å². The predicted molar refractivity (Wildman–Crippen MR) is 116 cm³/mol. The van der Waals surface area contributed by atoms with Crippen LogP contribution in [0, 0.1) is 18.3 Å². The molecular weight excluding hydrogens is 528 g/mol. The molecule has 4 rings (SSSR count). The van der Waals surface area contributed by atoms with Crippen LogP contribution in [0.1, 0.15) is 25.7 Å². The van der Waals surface area contributed by atoms with Crippen LogP contribution in [0.25, 0.3) is 0 Å². The normalized spacial score (nSPS) is 13.2. The molecule has 0 radical (unpaired) electrons. The van der Waals surface area contributed by atoms with Crippen molar-refractivity contribution in [3.8, 4) is 5.92 Å². The van der Waals surface area contributed by atoms with Crippen LogP contribution in [0.15, 0.2) is 91.0 Å². The fraction of sp³-hybridized carbons (Fsp3) is 0.200. The Hall–Kier alpha value is -1.61. The molecule has 1 fully saturated rings. The molecule has 0 N–H and O–H groups in total. The molecule has 0 amide bonds. The van der Waals surface area contributed by atoms with Crippen molar-refractivity contribution in [2.75, 3.05) is 0 Å². The Morgan fingerprint density at radius 2 is 0.963 bits per heavy atom. The molecule has 0 saturated heterocycles. The van der Waals surface area contributed by atoms with Gasteiger partial charge in [-0.25, -0.2) is 0 Å². The van der Waals surface area contributed by atoms with Crippen molar-refractivity contribution in [2.45, 2.75) is 25.7 Å². The molecule has 3 aromatic rings. The minimum Gasteiger partial charge on any atom is -0.693 e. The SMILES string of the molecule is [Au+].[C-]#CC1CCCC1.c1ccc([PH+](c2ccccc2)c2ccccc2)cc1. The van der Waals surface area contributed by atoms with Gasteiger partial charge in [-0.05, 0) is 55.2 Å². The topological polar surface area (TPSA) is 0 Å². The van der Waals surface area contributed by atoms with E-state index in [4.69, 9.17) is 6.42 Å².